The number of carbonyl (C=O) groups is 2. The van der Waals surface area contributed by atoms with Crippen molar-refractivity contribution in [1.29, 1.82) is 0 Å². The minimum Gasteiger partial charge on any atom is -0.319 e. The second-order valence-corrected chi connectivity index (χ2v) is 7.39. The molecule has 148 valence electrons. The monoisotopic (exact) mass is 398 g/mol. The summed E-state index contributed by atoms with van der Waals surface area (Å²) in [6.07, 6.45) is 1.48. The van der Waals surface area contributed by atoms with Crippen LogP contribution < -0.4 is 5.32 Å². The lowest BCUT2D eigenvalue weighted by Crippen LogP contribution is -2.40. The Balaban J connectivity index is 1.49. The summed E-state index contributed by atoms with van der Waals surface area (Å²) in [5.74, 6) is -0.297. The predicted octanol–water partition coefficient (Wildman–Crippen LogP) is 2.78. The van der Waals surface area contributed by atoms with Gasteiger partial charge in [0.1, 0.15) is 11.9 Å². The summed E-state index contributed by atoms with van der Waals surface area (Å²) in [5.41, 5.74) is 1.11. The standard InChI is InChI=1S/C22H18N6O2/c1-22(17-9-5-10-18(12-17)28-14-23-25-26-28)20(29)27(21(30)24-22)13-16-8-4-7-15-6-2-3-11-19(15)16/h2-12,14H,13H2,1H3,(H,24,30)/t22-/m0/s1. The number of tetrazole rings is 1. The molecule has 3 aromatic carbocycles. The lowest BCUT2D eigenvalue weighted by atomic mass is 9.91. The third kappa shape index (κ3) is 2.81. The number of hydrogen-bond acceptors (Lipinski definition) is 5. The number of amides is 3. The molecule has 1 aliphatic heterocycles. The van der Waals surface area contributed by atoms with E-state index < -0.39 is 11.6 Å². The van der Waals surface area contributed by atoms with E-state index in [0.717, 1.165) is 16.3 Å². The first-order valence-electron chi connectivity index (χ1n) is 9.51. The van der Waals surface area contributed by atoms with Gasteiger partial charge in [-0.2, -0.15) is 0 Å². The first kappa shape index (κ1) is 18.0. The summed E-state index contributed by atoms with van der Waals surface area (Å²) in [4.78, 5) is 27.4. The highest BCUT2D eigenvalue weighted by Gasteiger charge is 2.49. The number of carbonyl (C=O) groups excluding carboxylic acids is 2. The van der Waals surface area contributed by atoms with Crippen molar-refractivity contribution in [2.45, 2.75) is 19.0 Å². The van der Waals surface area contributed by atoms with E-state index in [1.807, 2.05) is 60.7 Å². The van der Waals surface area contributed by atoms with Crippen LogP contribution in [0, 0.1) is 0 Å². The average molecular weight is 398 g/mol. The Labute approximate surface area is 172 Å². The van der Waals surface area contributed by atoms with Crippen LogP contribution in [0.4, 0.5) is 4.79 Å². The summed E-state index contributed by atoms with van der Waals surface area (Å²) in [7, 11) is 0. The topological polar surface area (TPSA) is 93.0 Å². The van der Waals surface area contributed by atoms with E-state index in [2.05, 4.69) is 20.8 Å². The van der Waals surface area contributed by atoms with E-state index in [1.54, 1.807) is 13.0 Å². The zero-order valence-electron chi connectivity index (χ0n) is 16.2. The number of nitrogens with zero attached hydrogens (tertiary/aromatic N) is 5. The maximum absolute atomic E-state index is 13.4. The molecule has 1 atom stereocenters. The SMILES string of the molecule is C[C@@]1(c2cccc(-n3cnnn3)c2)NC(=O)N(Cc2cccc3ccccc23)C1=O. The fraction of sp³-hybridized carbons (Fsp3) is 0.136. The second-order valence-electron chi connectivity index (χ2n) is 7.39. The Bertz CT molecular complexity index is 1260. The van der Waals surface area contributed by atoms with Gasteiger partial charge < -0.3 is 5.32 Å². The van der Waals surface area contributed by atoms with Crippen LogP contribution in [0.3, 0.4) is 0 Å². The van der Waals surface area contributed by atoms with Gasteiger partial charge in [-0.25, -0.2) is 9.48 Å². The zero-order valence-corrected chi connectivity index (χ0v) is 16.2. The number of imide groups is 1. The zero-order chi connectivity index (χ0) is 20.7. The van der Waals surface area contributed by atoms with Gasteiger partial charge in [-0.15, -0.1) is 5.10 Å². The van der Waals surface area contributed by atoms with Crippen LogP contribution in [0.2, 0.25) is 0 Å². The third-order valence-electron chi connectivity index (χ3n) is 5.52. The Kier molecular flexibility index (Phi) is 4.06. The molecule has 3 amide bonds. The lowest BCUT2D eigenvalue weighted by Gasteiger charge is -2.23. The van der Waals surface area contributed by atoms with E-state index in [4.69, 9.17) is 0 Å². The number of rotatable bonds is 4. The molecule has 30 heavy (non-hydrogen) atoms. The number of hydrogen-bond donors (Lipinski definition) is 1. The van der Waals surface area contributed by atoms with Gasteiger partial charge in [0, 0.05) is 0 Å². The van der Waals surface area contributed by atoms with Crippen molar-refractivity contribution in [2.24, 2.45) is 0 Å². The van der Waals surface area contributed by atoms with Crippen LogP contribution in [0.5, 0.6) is 0 Å². The molecule has 1 saturated heterocycles. The Morgan fingerprint density at radius 2 is 1.80 bits per heavy atom. The molecule has 2 heterocycles. The van der Waals surface area contributed by atoms with Crippen molar-refractivity contribution < 1.29 is 9.59 Å². The number of urea groups is 1. The molecule has 1 N–H and O–H groups in total. The molecule has 4 aromatic rings. The van der Waals surface area contributed by atoms with Gasteiger partial charge in [-0.05, 0) is 51.4 Å². The van der Waals surface area contributed by atoms with Crippen LogP contribution in [0.15, 0.2) is 73.1 Å². The fourth-order valence-corrected chi connectivity index (χ4v) is 3.88. The lowest BCUT2D eigenvalue weighted by molar-refractivity contribution is -0.131. The molecule has 0 bridgehead atoms. The average Bonchev–Trinajstić information content (AvgIpc) is 3.38. The van der Waals surface area contributed by atoms with E-state index in [9.17, 15) is 9.59 Å². The molecule has 1 fully saturated rings. The third-order valence-corrected chi connectivity index (χ3v) is 5.52. The van der Waals surface area contributed by atoms with Gasteiger partial charge >= 0.3 is 6.03 Å². The van der Waals surface area contributed by atoms with Crippen LogP contribution in [0.25, 0.3) is 16.5 Å². The van der Waals surface area contributed by atoms with Gasteiger partial charge in [0.05, 0.1) is 12.2 Å². The smallest absolute Gasteiger partial charge is 0.319 e. The van der Waals surface area contributed by atoms with Crippen molar-refractivity contribution in [2.75, 3.05) is 0 Å². The summed E-state index contributed by atoms with van der Waals surface area (Å²) >= 11 is 0. The van der Waals surface area contributed by atoms with Crippen molar-refractivity contribution in [3.63, 3.8) is 0 Å². The van der Waals surface area contributed by atoms with E-state index in [-0.39, 0.29) is 12.5 Å². The maximum atomic E-state index is 13.4. The van der Waals surface area contributed by atoms with Crippen molar-refractivity contribution in [1.82, 2.24) is 30.4 Å². The first-order valence-corrected chi connectivity index (χ1v) is 9.51. The molecule has 0 spiro atoms. The second kappa shape index (κ2) is 6.77. The van der Waals surface area contributed by atoms with Crippen molar-refractivity contribution in [3.05, 3.63) is 84.2 Å². The minimum absolute atomic E-state index is 0.203. The first-order chi connectivity index (χ1) is 14.6. The molecule has 0 radical (unpaired) electrons. The van der Waals surface area contributed by atoms with Crippen LogP contribution >= 0.6 is 0 Å². The molecule has 5 rings (SSSR count). The quantitative estimate of drug-likeness (QED) is 0.534. The van der Waals surface area contributed by atoms with Crippen molar-refractivity contribution >= 4 is 22.7 Å². The maximum Gasteiger partial charge on any atom is 0.325 e. The minimum atomic E-state index is -1.17. The molecule has 8 heteroatoms. The van der Waals surface area contributed by atoms with Gasteiger partial charge in [0.25, 0.3) is 5.91 Å². The summed E-state index contributed by atoms with van der Waals surface area (Å²) < 4.78 is 1.50. The number of fused-ring (bicyclic) bond motifs is 1. The Morgan fingerprint density at radius 1 is 1.00 bits per heavy atom. The largest absolute Gasteiger partial charge is 0.325 e. The highest BCUT2D eigenvalue weighted by Crippen LogP contribution is 2.31. The molecule has 0 unspecified atom stereocenters. The van der Waals surface area contributed by atoms with Crippen LogP contribution in [-0.2, 0) is 16.9 Å². The number of aromatic nitrogens is 4. The molecule has 1 aliphatic rings. The fourth-order valence-electron chi connectivity index (χ4n) is 3.88. The summed E-state index contributed by atoms with van der Waals surface area (Å²) in [6.45, 7) is 1.92. The highest BCUT2D eigenvalue weighted by atomic mass is 16.2. The van der Waals surface area contributed by atoms with Gasteiger partial charge in [0.2, 0.25) is 0 Å². The molecule has 0 saturated carbocycles. The molecular formula is C22H18N6O2. The number of benzene rings is 3. The molecule has 1 aromatic heterocycles. The molecule has 8 nitrogen and oxygen atoms in total. The van der Waals surface area contributed by atoms with Crippen LogP contribution in [-0.4, -0.2) is 37.0 Å². The normalized spacial score (nSPS) is 18.8. The predicted molar refractivity (Wildman–Crippen MR) is 110 cm³/mol. The van der Waals surface area contributed by atoms with Crippen molar-refractivity contribution in [3.8, 4) is 5.69 Å². The van der Waals surface area contributed by atoms with E-state index in [0.29, 0.717) is 11.3 Å². The van der Waals surface area contributed by atoms with E-state index in [1.165, 1.54) is 15.9 Å². The van der Waals surface area contributed by atoms with E-state index >= 15 is 0 Å². The Morgan fingerprint density at radius 3 is 2.63 bits per heavy atom. The van der Waals surface area contributed by atoms with Gasteiger partial charge in [0.15, 0.2) is 0 Å². The number of nitrogens with one attached hydrogen (secondary N) is 1. The summed E-state index contributed by atoms with van der Waals surface area (Å²) in [6, 6.07) is 20.7. The summed E-state index contributed by atoms with van der Waals surface area (Å²) in [5, 5.41) is 16.1. The molecular weight excluding hydrogens is 380 g/mol. The Hall–Kier alpha value is -4.07. The van der Waals surface area contributed by atoms with Crippen LogP contribution in [0.1, 0.15) is 18.1 Å². The van der Waals surface area contributed by atoms with Gasteiger partial charge in [-0.3, -0.25) is 9.69 Å². The van der Waals surface area contributed by atoms with Gasteiger partial charge in [-0.1, -0.05) is 54.6 Å². The molecule has 0 aliphatic carbocycles. The highest BCUT2D eigenvalue weighted by molar-refractivity contribution is 6.07.